The van der Waals surface area contributed by atoms with E-state index >= 15 is 0 Å². The van der Waals surface area contributed by atoms with Gasteiger partial charge in [-0.05, 0) is 42.8 Å². The Morgan fingerprint density at radius 2 is 1.96 bits per heavy atom. The number of anilines is 2. The predicted octanol–water partition coefficient (Wildman–Crippen LogP) is 2.00. The molecule has 0 aromatic heterocycles. The Balaban J connectivity index is 1.61. The Kier molecular flexibility index (Phi) is 6.01. The fourth-order valence-electron chi connectivity index (χ4n) is 3.03. The van der Waals surface area contributed by atoms with Crippen LogP contribution in [0.2, 0.25) is 5.02 Å². The van der Waals surface area contributed by atoms with E-state index in [0.29, 0.717) is 10.8 Å². The first-order valence-corrected chi connectivity index (χ1v) is 9.25. The van der Waals surface area contributed by atoms with Crippen molar-refractivity contribution in [2.75, 3.05) is 50.1 Å². The number of carbonyl (C=O) groups excluding carboxylic acids is 1. The summed E-state index contributed by atoms with van der Waals surface area (Å²) >= 11 is 6.01. The van der Waals surface area contributed by atoms with Crippen LogP contribution in [0.25, 0.3) is 0 Å². The highest BCUT2D eigenvalue weighted by Crippen LogP contribution is 2.26. The maximum atomic E-state index is 12.3. The van der Waals surface area contributed by atoms with Gasteiger partial charge in [0.15, 0.2) is 6.61 Å². The molecule has 5 nitrogen and oxygen atoms in total. The zero-order valence-corrected chi connectivity index (χ0v) is 16.0. The number of aryl methyl sites for hydroxylation is 1. The lowest BCUT2D eigenvalue weighted by Crippen LogP contribution is -3.12. The molecule has 26 heavy (non-hydrogen) atoms. The maximum Gasteiger partial charge on any atom is 0.262 e. The van der Waals surface area contributed by atoms with Gasteiger partial charge in [0.05, 0.1) is 44.6 Å². The number of halogens is 1. The van der Waals surface area contributed by atoms with Gasteiger partial charge in [-0.3, -0.25) is 4.79 Å². The number of hydrogen-bond acceptors (Lipinski definition) is 3. The molecule has 1 fully saturated rings. The zero-order valence-electron chi connectivity index (χ0n) is 15.2. The van der Waals surface area contributed by atoms with Crippen LogP contribution in [-0.4, -0.2) is 45.7 Å². The number of rotatable bonds is 5. The molecule has 1 heterocycles. The van der Waals surface area contributed by atoms with Crippen molar-refractivity contribution in [3.8, 4) is 5.75 Å². The van der Waals surface area contributed by atoms with Crippen LogP contribution in [-0.2, 0) is 4.79 Å². The lowest BCUT2D eigenvalue weighted by Gasteiger charge is -2.33. The summed E-state index contributed by atoms with van der Waals surface area (Å²) in [5.74, 6) is 0.460. The van der Waals surface area contributed by atoms with Gasteiger partial charge in [-0.15, -0.1) is 0 Å². The first-order chi connectivity index (χ1) is 12.5. The molecule has 138 valence electrons. The Hall–Kier alpha value is -2.24. The number of para-hydroxylation sites is 2. The van der Waals surface area contributed by atoms with Crippen molar-refractivity contribution >= 4 is 28.9 Å². The van der Waals surface area contributed by atoms with E-state index in [4.69, 9.17) is 16.3 Å². The largest absolute Gasteiger partial charge is 0.484 e. The summed E-state index contributed by atoms with van der Waals surface area (Å²) in [4.78, 5) is 16.2. The first-order valence-electron chi connectivity index (χ1n) is 8.87. The van der Waals surface area contributed by atoms with Gasteiger partial charge < -0.3 is 19.9 Å². The van der Waals surface area contributed by atoms with Crippen LogP contribution in [0.15, 0.2) is 42.5 Å². The number of piperazine rings is 1. The maximum absolute atomic E-state index is 12.3. The van der Waals surface area contributed by atoms with E-state index in [2.05, 4.69) is 23.3 Å². The molecule has 2 N–H and O–H groups in total. The minimum absolute atomic E-state index is 0.0394. The molecular formula is C20H25ClN3O2+. The highest BCUT2D eigenvalue weighted by atomic mass is 35.5. The van der Waals surface area contributed by atoms with E-state index in [1.165, 1.54) is 4.90 Å². The first kappa shape index (κ1) is 18.5. The van der Waals surface area contributed by atoms with Gasteiger partial charge in [0.25, 0.3) is 5.91 Å². The second-order valence-electron chi connectivity index (χ2n) is 6.71. The highest BCUT2D eigenvalue weighted by Gasteiger charge is 2.19. The van der Waals surface area contributed by atoms with Crippen LogP contribution < -0.4 is 19.9 Å². The average Bonchev–Trinajstić information content (AvgIpc) is 2.64. The lowest BCUT2D eigenvalue weighted by atomic mass is 10.2. The Bertz CT molecular complexity index is 773. The third-order valence-electron chi connectivity index (χ3n) is 4.64. The SMILES string of the molecule is Cc1cc(OCC(=O)Nc2ccccc2N2CC[NH+](C)CC2)ccc1Cl. The highest BCUT2D eigenvalue weighted by molar-refractivity contribution is 6.31. The second-order valence-corrected chi connectivity index (χ2v) is 7.12. The number of benzene rings is 2. The summed E-state index contributed by atoms with van der Waals surface area (Å²) < 4.78 is 5.59. The molecule has 1 saturated heterocycles. The van der Waals surface area contributed by atoms with Crippen LogP contribution >= 0.6 is 11.6 Å². The summed E-state index contributed by atoms with van der Waals surface area (Å²) in [6.45, 7) is 6.03. The molecule has 0 atom stereocenters. The molecule has 0 aliphatic carbocycles. The molecular weight excluding hydrogens is 350 g/mol. The smallest absolute Gasteiger partial charge is 0.262 e. The van der Waals surface area contributed by atoms with Gasteiger partial charge in [0.2, 0.25) is 0 Å². The molecule has 2 aromatic carbocycles. The summed E-state index contributed by atoms with van der Waals surface area (Å²) in [5, 5.41) is 3.66. The number of ether oxygens (including phenoxy) is 1. The van der Waals surface area contributed by atoms with E-state index in [9.17, 15) is 4.79 Å². The molecule has 1 aliphatic rings. The van der Waals surface area contributed by atoms with E-state index in [1.54, 1.807) is 12.1 Å². The van der Waals surface area contributed by atoms with Crippen molar-refractivity contribution in [1.29, 1.82) is 0 Å². The monoisotopic (exact) mass is 374 g/mol. The normalized spacial score (nSPS) is 15.0. The van der Waals surface area contributed by atoms with Crippen LogP contribution in [0, 0.1) is 6.92 Å². The van der Waals surface area contributed by atoms with Gasteiger partial charge in [-0.2, -0.15) is 0 Å². The standard InChI is InChI=1S/C20H24ClN3O2/c1-15-13-16(7-8-17(15)21)26-14-20(25)22-18-5-3-4-6-19(18)24-11-9-23(2)10-12-24/h3-8,13H,9-12,14H2,1-2H3,(H,22,25)/p+1. The second kappa shape index (κ2) is 8.43. The van der Waals surface area contributed by atoms with Crippen molar-refractivity contribution in [2.45, 2.75) is 6.92 Å². The van der Waals surface area contributed by atoms with Crippen molar-refractivity contribution < 1.29 is 14.4 Å². The van der Waals surface area contributed by atoms with Gasteiger partial charge in [0, 0.05) is 5.02 Å². The Morgan fingerprint density at radius 3 is 2.69 bits per heavy atom. The van der Waals surface area contributed by atoms with E-state index in [1.807, 2.05) is 31.2 Å². The molecule has 0 saturated carbocycles. The number of carbonyl (C=O) groups is 1. The van der Waals surface area contributed by atoms with Gasteiger partial charge in [-0.1, -0.05) is 23.7 Å². The summed E-state index contributed by atoms with van der Waals surface area (Å²) in [5.41, 5.74) is 2.82. The third-order valence-corrected chi connectivity index (χ3v) is 5.06. The van der Waals surface area contributed by atoms with Crippen molar-refractivity contribution in [1.82, 2.24) is 0 Å². The van der Waals surface area contributed by atoms with Crippen LogP contribution in [0.5, 0.6) is 5.75 Å². The number of hydrogen-bond donors (Lipinski definition) is 2. The third kappa shape index (κ3) is 4.68. The van der Waals surface area contributed by atoms with E-state index < -0.39 is 0 Å². The minimum atomic E-state index is -0.176. The Morgan fingerprint density at radius 1 is 1.23 bits per heavy atom. The molecule has 0 bridgehead atoms. The number of nitrogens with one attached hydrogen (secondary N) is 2. The molecule has 0 radical (unpaired) electrons. The van der Waals surface area contributed by atoms with E-state index in [-0.39, 0.29) is 12.5 Å². The summed E-state index contributed by atoms with van der Waals surface area (Å²) in [6, 6.07) is 13.3. The number of likely N-dealkylation sites (N-methyl/N-ethyl adjacent to an activating group) is 1. The predicted molar refractivity (Wildman–Crippen MR) is 106 cm³/mol. The van der Waals surface area contributed by atoms with Gasteiger partial charge >= 0.3 is 0 Å². The fourth-order valence-corrected chi connectivity index (χ4v) is 3.14. The zero-order chi connectivity index (χ0) is 18.5. The summed E-state index contributed by atoms with van der Waals surface area (Å²) in [7, 11) is 2.21. The van der Waals surface area contributed by atoms with Crippen molar-refractivity contribution in [3.05, 3.63) is 53.1 Å². The van der Waals surface area contributed by atoms with Crippen LogP contribution in [0.4, 0.5) is 11.4 Å². The molecule has 1 aliphatic heterocycles. The topological polar surface area (TPSA) is 46.0 Å². The molecule has 0 spiro atoms. The molecule has 6 heteroatoms. The number of quaternary nitrogens is 1. The number of amides is 1. The fraction of sp³-hybridized carbons (Fsp3) is 0.350. The molecule has 1 amide bonds. The number of nitrogens with zero attached hydrogens (tertiary/aromatic N) is 1. The van der Waals surface area contributed by atoms with Crippen molar-refractivity contribution in [3.63, 3.8) is 0 Å². The minimum Gasteiger partial charge on any atom is -0.484 e. The van der Waals surface area contributed by atoms with Gasteiger partial charge in [0.1, 0.15) is 5.75 Å². The summed E-state index contributed by atoms with van der Waals surface area (Å²) in [6.07, 6.45) is 0. The lowest BCUT2D eigenvalue weighted by molar-refractivity contribution is -0.880. The van der Waals surface area contributed by atoms with Crippen LogP contribution in [0.1, 0.15) is 5.56 Å². The van der Waals surface area contributed by atoms with Crippen molar-refractivity contribution in [2.24, 2.45) is 0 Å². The molecule has 0 unspecified atom stereocenters. The van der Waals surface area contributed by atoms with Crippen LogP contribution in [0.3, 0.4) is 0 Å². The van der Waals surface area contributed by atoms with Gasteiger partial charge in [-0.25, -0.2) is 0 Å². The molecule has 3 rings (SSSR count). The quantitative estimate of drug-likeness (QED) is 0.841. The Labute approximate surface area is 159 Å². The van der Waals surface area contributed by atoms with E-state index in [0.717, 1.165) is 43.1 Å². The molecule has 2 aromatic rings. The average molecular weight is 375 g/mol.